The Balaban J connectivity index is 2.58. The summed E-state index contributed by atoms with van der Waals surface area (Å²) in [6.07, 6.45) is 0. The molecule has 13 heavy (non-hydrogen) atoms. The maximum Gasteiger partial charge on any atom is 0.231 e. The first kappa shape index (κ1) is 8.23. The summed E-state index contributed by atoms with van der Waals surface area (Å²) in [5.74, 6) is 1.52. The molecule has 0 fully saturated rings. The number of thiocarbonyl (C=S) groups is 1. The standard InChI is InChI=1S/C9H7NO2S/c1-6-7(10-4-13)2-3-8-9(6)12-5-11-8/h2-3H,5H2,1H3. The van der Waals surface area contributed by atoms with E-state index in [0.717, 1.165) is 22.7 Å². The Morgan fingerprint density at radius 2 is 2.31 bits per heavy atom. The summed E-state index contributed by atoms with van der Waals surface area (Å²) in [6.45, 7) is 2.19. The van der Waals surface area contributed by atoms with E-state index < -0.39 is 0 Å². The van der Waals surface area contributed by atoms with Crippen molar-refractivity contribution in [1.29, 1.82) is 0 Å². The highest BCUT2D eigenvalue weighted by Crippen LogP contribution is 2.39. The Morgan fingerprint density at radius 3 is 3.08 bits per heavy atom. The van der Waals surface area contributed by atoms with Crippen LogP contribution in [-0.2, 0) is 0 Å². The van der Waals surface area contributed by atoms with Gasteiger partial charge in [-0.3, -0.25) is 0 Å². The SMILES string of the molecule is Cc1c(N=C=S)ccc2c1OCO2. The highest BCUT2D eigenvalue weighted by atomic mass is 32.1. The molecule has 66 valence electrons. The normalized spacial score (nSPS) is 12.4. The molecule has 0 spiro atoms. The van der Waals surface area contributed by atoms with Gasteiger partial charge in [-0.05, 0) is 31.3 Å². The summed E-state index contributed by atoms with van der Waals surface area (Å²) in [5, 5.41) is 2.33. The first-order chi connectivity index (χ1) is 6.33. The van der Waals surface area contributed by atoms with Crippen LogP contribution in [0.4, 0.5) is 5.69 Å². The molecule has 3 nitrogen and oxygen atoms in total. The molecular formula is C9H7NO2S. The second kappa shape index (κ2) is 3.17. The number of isothiocyanates is 1. The zero-order valence-corrected chi connectivity index (χ0v) is 7.85. The van der Waals surface area contributed by atoms with E-state index in [1.165, 1.54) is 0 Å². The van der Waals surface area contributed by atoms with Crippen molar-refractivity contribution in [2.24, 2.45) is 4.99 Å². The highest BCUT2D eigenvalue weighted by Gasteiger charge is 2.17. The van der Waals surface area contributed by atoms with Crippen molar-refractivity contribution < 1.29 is 9.47 Å². The average Bonchev–Trinajstić information content (AvgIpc) is 2.58. The molecule has 2 rings (SSSR count). The topological polar surface area (TPSA) is 30.8 Å². The van der Waals surface area contributed by atoms with Crippen LogP contribution in [0.1, 0.15) is 5.56 Å². The molecule has 0 saturated heterocycles. The number of benzene rings is 1. The quantitative estimate of drug-likeness (QED) is 0.507. The highest BCUT2D eigenvalue weighted by molar-refractivity contribution is 7.78. The van der Waals surface area contributed by atoms with Gasteiger partial charge in [0.2, 0.25) is 6.79 Å². The molecule has 0 amide bonds. The van der Waals surface area contributed by atoms with E-state index in [4.69, 9.17) is 9.47 Å². The van der Waals surface area contributed by atoms with E-state index >= 15 is 0 Å². The summed E-state index contributed by atoms with van der Waals surface area (Å²) in [5.41, 5.74) is 1.71. The van der Waals surface area contributed by atoms with Gasteiger partial charge in [-0.2, -0.15) is 4.99 Å². The van der Waals surface area contributed by atoms with Crippen molar-refractivity contribution >= 4 is 23.1 Å². The molecule has 0 bridgehead atoms. The third kappa shape index (κ3) is 1.30. The predicted octanol–water partition coefficient (Wildman–Crippen LogP) is 2.46. The van der Waals surface area contributed by atoms with Crippen LogP contribution in [0.2, 0.25) is 0 Å². The third-order valence-corrected chi connectivity index (χ3v) is 2.02. The van der Waals surface area contributed by atoms with Crippen LogP contribution < -0.4 is 9.47 Å². The Hall–Kier alpha value is -1.38. The summed E-state index contributed by atoms with van der Waals surface area (Å²) in [7, 11) is 0. The van der Waals surface area contributed by atoms with Crippen molar-refractivity contribution in [2.45, 2.75) is 6.92 Å². The second-order valence-corrected chi connectivity index (χ2v) is 2.83. The van der Waals surface area contributed by atoms with E-state index in [1.54, 1.807) is 0 Å². The molecule has 0 aromatic heterocycles. The number of rotatable bonds is 1. The zero-order chi connectivity index (χ0) is 9.26. The van der Waals surface area contributed by atoms with E-state index in [-0.39, 0.29) is 6.79 Å². The van der Waals surface area contributed by atoms with Gasteiger partial charge in [0, 0.05) is 5.56 Å². The molecule has 0 radical (unpaired) electrons. The van der Waals surface area contributed by atoms with Gasteiger partial charge < -0.3 is 9.47 Å². The van der Waals surface area contributed by atoms with Gasteiger partial charge in [0.15, 0.2) is 11.5 Å². The first-order valence-electron chi connectivity index (χ1n) is 3.80. The van der Waals surface area contributed by atoms with E-state index in [0.29, 0.717) is 0 Å². The Bertz CT molecular complexity index is 397. The van der Waals surface area contributed by atoms with Crippen molar-refractivity contribution in [3.63, 3.8) is 0 Å². The summed E-state index contributed by atoms with van der Waals surface area (Å²) >= 11 is 4.53. The number of hydrogen-bond acceptors (Lipinski definition) is 4. The average molecular weight is 193 g/mol. The molecule has 1 heterocycles. The molecule has 4 heteroatoms. The van der Waals surface area contributed by atoms with Crippen molar-refractivity contribution in [3.05, 3.63) is 17.7 Å². The van der Waals surface area contributed by atoms with Crippen LogP contribution in [-0.4, -0.2) is 12.0 Å². The number of fused-ring (bicyclic) bond motifs is 1. The Kier molecular flexibility index (Phi) is 2.00. The van der Waals surface area contributed by atoms with Gasteiger partial charge in [0.1, 0.15) is 0 Å². The first-order valence-corrected chi connectivity index (χ1v) is 4.21. The van der Waals surface area contributed by atoms with Gasteiger partial charge in [-0.25, -0.2) is 0 Å². The monoisotopic (exact) mass is 193 g/mol. The van der Waals surface area contributed by atoms with Gasteiger partial charge in [0.25, 0.3) is 0 Å². The van der Waals surface area contributed by atoms with Crippen LogP contribution in [0.15, 0.2) is 17.1 Å². The minimum absolute atomic E-state index is 0.279. The molecule has 0 aliphatic carbocycles. The number of ether oxygens (including phenoxy) is 2. The molecule has 1 aliphatic rings. The summed E-state index contributed by atoms with van der Waals surface area (Å²) in [6, 6.07) is 3.66. The predicted molar refractivity (Wildman–Crippen MR) is 52.0 cm³/mol. The van der Waals surface area contributed by atoms with Crippen LogP contribution >= 0.6 is 12.2 Å². The van der Waals surface area contributed by atoms with Crippen LogP contribution in [0.5, 0.6) is 11.5 Å². The van der Waals surface area contributed by atoms with Crippen molar-refractivity contribution in [1.82, 2.24) is 0 Å². The Morgan fingerprint density at radius 1 is 1.46 bits per heavy atom. The Labute approximate surface area is 81.0 Å². The fourth-order valence-corrected chi connectivity index (χ4v) is 1.37. The zero-order valence-electron chi connectivity index (χ0n) is 7.03. The van der Waals surface area contributed by atoms with Crippen LogP contribution in [0, 0.1) is 6.92 Å². The molecule has 0 N–H and O–H groups in total. The van der Waals surface area contributed by atoms with Gasteiger partial charge in [0.05, 0.1) is 10.8 Å². The van der Waals surface area contributed by atoms with Gasteiger partial charge >= 0.3 is 0 Å². The minimum Gasteiger partial charge on any atom is -0.454 e. The minimum atomic E-state index is 0.279. The van der Waals surface area contributed by atoms with E-state index in [9.17, 15) is 0 Å². The largest absolute Gasteiger partial charge is 0.454 e. The molecule has 1 aromatic rings. The number of aliphatic imine (C=N–C) groups is 1. The van der Waals surface area contributed by atoms with Crippen molar-refractivity contribution in [2.75, 3.05) is 6.79 Å². The second-order valence-electron chi connectivity index (χ2n) is 2.65. The third-order valence-electron chi connectivity index (χ3n) is 1.92. The van der Waals surface area contributed by atoms with Gasteiger partial charge in [-0.15, -0.1) is 0 Å². The van der Waals surface area contributed by atoms with E-state index in [1.807, 2.05) is 19.1 Å². The number of nitrogens with zero attached hydrogens (tertiary/aromatic N) is 1. The molecular weight excluding hydrogens is 186 g/mol. The molecule has 1 aliphatic heterocycles. The fourth-order valence-electron chi connectivity index (χ4n) is 1.27. The fraction of sp³-hybridized carbons (Fsp3) is 0.222. The van der Waals surface area contributed by atoms with E-state index in [2.05, 4.69) is 22.4 Å². The molecule has 0 unspecified atom stereocenters. The molecule has 0 saturated carbocycles. The lowest BCUT2D eigenvalue weighted by molar-refractivity contribution is 0.173. The number of hydrogen-bond donors (Lipinski definition) is 0. The smallest absolute Gasteiger partial charge is 0.231 e. The van der Waals surface area contributed by atoms with Crippen molar-refractivity contribution in [3.8, 4) is 11.5 Å². The maximum absolute atomic E-state index is 5.27. The molecule has 1 aromatic carbocycles. The summed E-state index contributed by atoms with van der Waals surface area (Å²) < 4.78 is 10.5. The molecule has 0 atom stereocenters. The van der Waals surface area contributed by atoms with Gasteiger partial charge in [-0.1, -0.05) is 0 Å². The van der Waals surface area contributed by atoms with Crippen LogP contribution in [0.3, 0.4) is 0 Å². The lowest BCUT2D eigenvalue weighted by Gasteiger charge is -2.02. The maximum atomic E-state index is 5.27. The summed E-state index contributed by atoms with van der Waals surface area (Å²) in [4.78, 5) is 3.91. The lowest BCUT2D eigenvalue weighted by atomic mass is 10.1. The lowest BCUT2D eigenvalue weighted by Crippen LogP contribution is -1.93. The van der Waals surface area contributed by atoms with Crippen LogP contribution in [0.25, 0.3) is 0 Å².